The summed E-state index contributed by atoms with van der Waals surface area (Å²) in [5.74, 6) is -2.13. The minimum Gasteiger partial charge on any atom is -0.452 e. The Balaban J connectivity index is 1.38. The first kappa shape index (κ1) is 27.6. The maximum Gasteiger partial charge on any atom is 0.416 e. The van der Waals surface area contributed by atoms with Crippen LogP contribution in [0.25, 0.3) is 11.0 Å². The lowest BCUT2D eigenvalue weighted by molar-refractivity contribution is -0.143. The van der Waals surface area contributed by atoms with Crippen LogP contribution in [0.1, 0.15) is 34.5 Å². The van der Waals surface area contributed by atoms with Crippen molar-refractivity contribution < 1.29 is 48.8 Å². The fourth-order valence-electron chi connectivity index (χ4n) is 4.08. The SMILES string of the molecule is O=C(C(=O)N1CCC(CNS(=O)(=O)c2cc(C(F)(F)F)cc(C(F)(F)F)c2)CC1)c1cc2ccccc2o1. The molecule has 0 spiro atoms. The number of benzene rings is 2. The van der Waals surface area contributed by atoms with Crippen LogP contribution in [-0.4, -0.2) is 44.6 Å². The van der Waals surface area contributed by atoms with Gasteiger partial charge in [-0.25, -0.2) is 13.1 Å². The van der Waals surface area contributed by atoms with E-state index in [2.05, 4.69) is 4.72 Å². The molecule has 14 heteroatoms. The fraction of sp³-hybridized carbons (Fsp3) is 0.333. The molecule has 1 amide bonds. The first-order valence-electron chi connectivity index (χ1n) is 11.3. The molecule has 0 unspecified atom stereocenters. The summed E-state index contributed by atoms with van der Waals surface area (Å²) in [6.07, 6.45) is -9.88. The molecule has 1 aromatic heterocycles. The van der Waals surface area contributed by atoms with Gasteiger partial charge in [0, 0.05) is 25.0 Å². The number of furan rings is 1. The summed E-state index contributed by atoms with van der Waals surface area (Å²) in [6.45, 7) is -0.0859. The molecule has 0 bridgehead atoms. The topological polar surface area (TPSA) is 96.7 Å². The zero-order chi connectivity index (χ0) is 27.9. The second-order valence-electron chi connectivity index (χ2n) is 8.81. The molecular formula is C24H20F6N2O5S. The van der Waals surface area contributed by atoms with Crippen LogP contribution >= 0.6 is 0 Å². The van der Waals surface area contributed by atoms with E-state index in [1.54, 1.807) is 24.3 Å². The van der Waals surface area contributed by atoms with Gasteiger partial charge in [-0.3, -0.25) is 9.59 Å². The Morgan fingerprint density at radius 2 is 1.50 bits per heavy atom. The number of nitrogens with one attached hydrogen (secondary N) is 1. The van der Waals surface area contributed by atoms with Gasteiger partial charge >= 0.3 is 12.4 Å². The lowest BCUT2D eigenvalue weighted by Crippen LogP contribution is -2.44. The summed E-state index contributed by atoms with van der Waals surface area (Å²) >= 11 is 0. The van der Waals surface area contributed by atoms with Gasteiger partial charge in [-0.1, -0.05) is 18.2 Å². The van der Waals surface area contributed by atoms with E-state index < -0.39 is 50.1 Å². The van der Waals surface area contributed by atoms with Gasteiger partial charge in [-0.05, 0) is 49.1 Å². The molecule has 3 aromatic rings. The number of Topliss-reactive ketones (excluding diaryl/α,β-unsaturated/α-hetero) is 1. The molecule has 2 aromatic carbocycles. The van der Waals surface area contributed by atoms with Gasteiger partial charge in [0.05, 0.1) is 16.0 Å². The number of likely N-dealkylation sites (tertiary alicyclic amines) is 1. The summed E-state index contributed by atoms with van der Waals surface area (Å²) in [5, 5.41) is 0.651. The van der Waals surface area contributed by atoms with Crippen LogP contribution in [0, 0.1) is 5.92 Å². The van der Waals surface area contributed by atoms with Gasteiger partial charge in [-0.15, -0.1) is 0 Å². The first-order valence-corrected chi connectivity index (χ1v) is 12.7. The predicted molar refractivity (Wildman–Crippen MR) is 121 cm³/mol. The zero-order valence-electron chi connectivity index (χ0n) is 19.4. The minimum absolute atomic E-state index is 0.0962. The molecule has 0 atom stereocenters. The number of carbonyl (C=O) groups excluding carboxylic acids is 2. The van der Waals surface area contributed by atoms with Crippen LogP contribution in [0.2, 0.25) is 0 Å². The van der Waals surface area contributed by atoms with Crippen molar-refractivity contribution in [3.05, 3.63) is 65.4 Å². The Hall–Kier alpha value is -3.39. The van der Waals surface area contributed by atoms with Crippen molar-refractivity contribution in [2.45, 2.75) is 30.1 Å². The van der Waals surface area contributed by atoms with Crippen molar-refractivity contribution in [1.82, 2.24) is 9.62 Å². The van der Waals surface area contributed by atoms with Crippen LogP contribution < -0.4 is 4.72 Å². The van der Waals surface area contributed by atoms with Crippen LogP contribution in [0.3, 0.4) is 0 Å². The summed E-state index contributed by atoms with van der Waals surface area (Å²) < 4.78 is 111. The molecule has 38 heavy (non-hydrogen) atoms. The average Bonchev–Trinajstić information content (AvgIpc) is 3.30. The molecule has 1 aliphatic heterocycles. The number of ketones is 1. The average molecular weight is 562 g/mol. The predicted octanol–water partition coefficient (Wildman–Crippen LogP) is 4.87. The number of rotatable bonds is 6. The number of piperidine rings is 1. The van der Waals surface area contributed by atoms with E-state index in [1.165, 1.54) is 11.0 Å². The van der Waals surface area contributed by atoms with Gasteiger partial charge < -0.3 is 9.32 Å². The number of carbonyl (C=O) groups is 2. The Kier molecular flexibility index (Phi) is 7.32. The standard InChI is InChI=1S/C24H20F6N2O5S/c25-23(26,27)16-10-17(24(28,29)30)12-18(11-16)38(35,36)31-13-14-5-7-32(8-6-14)22(34)21(33)20-9-15-3-1-2-4-19(15)37-20/h1-4,9-12,14,31H,5-8,13H2. The fourth-order valence-corrected chi connectivity index (χ4v) is 5.26. The molecule has 1 saturated heterocycles. The third-order valence-electron chi connectivity index (χ3n) is 6.18. The molecule has 0 aliphatic carbocycles. The highest BCUT2D eigenvalue weighted by Gasteiger charge is 2.38. The Bertz CT molecular complexity index is 1410. The van der Waals surface area contributed by atoms with Gasteiger partial charge in [0.25, 0.3) is 11.7 Å². The van der Waals surface area contributed by atoms with Gasteiger partial charge in [0.15, 0.2) is 5.76 Å². The van der Waals surface area contributed by atoms with E-state index in [4.69, 9.17) is 4.42 Å². The number of alkyl halides is 6. The lowest BCUT2D eigenvalue weighted by atomic mass is 9.97. The van der Waals surface area contributed by atoms with Crippen LogP contribution in [0.15, 0.2) is 57.8 Å². The number of halogens is 6. The smallest absolute Gasteiger partial charge is 0.416 e. The van der Waals surface area contributed by atoms with E-state index in [0.717, 1.165) is 0 Å². The van der Waals surface area contributed by atoms with E-state index in [0.29, 0.717) is 11.0 Å². The maximum absolute atomic E-state index is 13.1. The molecule has 1 fully saturated rings. The number of amides is 1. The quantitative estimate of drug-likeness (QED) is 0.263. The zero-order valence-corrected chi connectivity index (χ0v) is 20.2. The molecular weight excluding hydrogens is 542 g/mol. The van der Waals surface area contributed by atoms with Crippen molar-refractivity contribution in [1.29, 1.82) is 0 Å². The van der Waals surface area contributed by atoms with Crippen LogP contribution in [-0.2, 0) is 27.2 Å². The largest absolute Gasteiger partial charge is 0.452 e. The van der Waals surface area contributed by atoms with E-state index in [-0.39, 0.29) is 62.4 Å². The Labute approximate surface area is 212 Å². The maximum atomic E-state index is 13.1. The number of sulfonamides is 1. The minimum atomic E-state index is -5.19. The Morgan fingerprint density at radius 1 is 0.921 bits per heavy atom. The molecule has 1 aliphatic rings. The molecule has 4 rings (SSSR count). The molecule has 2 heterocycles. The Morgan fingerprint density at radius 3 is 2.05 bits per heavy atom. The second-order valence-corrected chi connectivity index (χ2v) is 10.6. The van der Waals surface area contributed by atoms with Crippen LogP contribution in [0.4, 0.5) is 26.3 Å². The van der Waals surface area contributed by atoms with Crippen molar-refractivity contribution >= 4 is 32.7 Å². The van der Waals surface area contributed by atoms with Crippen molar-refractivity contribution in [2.75, 3.05) is 19.6 Å². The normalized spacial score (nSPS) is 15.7. The summed E-state index contributed by atoms with van der Waals surface area (Å²) in [5.41, 5.74) is -3.04. The number of hydrogen-bond donors (Lipinski definition) is 1. The van der Waals surface area contributed by atoms with Gasteiger partial charge in [0.2, 0.25) is 10.0 Å². The van der Waals surface area contributed by atoms with Crippen molar-refractivity contribution in [3.8, 4) is 0 Å². The lowest BCUT2D eigenvalue weighted by Gasteiger charge is -2.31. The van der Waals surface area contributed by atoms with Crippen molar-refractivity contribution in [3.63, 3.8) is 0 Å². The third-order valence-corrected chi connectivity index (χ3v) is 7.58. The van der Waals surface area contributed by atoms with E-state index in [1.807, 2.05) is 0 Å². The van der Waals surface area contributed by atoms with E-state index in [9.17, 15) is 44.3 Å². The molecule has 204 valence electrons. The number of hydrogen-bond acceptors (Lipinski definition) is 5. The van der Waals surface area contributed by atoms with Gasteiger partial charge in [0.1, 0.15) is 5.58 Å². The highest BCUT2D eigenvalue weighted by Crippen LogP contribution is 2.37. The second kappa shape index (κ2) is 10.1. The number of para-hydroxylation sites is 1. The highest BCUT2D eigenvalue weighted by atomic mass is 32.2. The molecule has 1 N–H and O–H groups in total. The summed E-state index contributed by atoms with van der Waals surface area (Å²) in [6, 6.07) is 8.40. The number of fused-ring (bicyclic) bond motifs is 1. The van der Waals surface area contributed by atoms with Crippen molar-refractivity contribution in [2.24, 2.45) is 5.92 Å². The monoisotopic (exact) mass is 562 g/mol. The van der Waals surface area contributed by atoms with Crippen LogP contribution in [0.5, 0.6) is 0 Å². The molecule has 7 nitrogen and oxygen atoms in total. The number of nitrogens with zero attached hydrogens (tertiary/aromatic N) is 1. The summed E-state index contributed by atoms with van der Waals surface area (Å²) in [4.78, 5) is 25.3. The highest BCUT2D eigenvalue weighted by molar-refractivity contribution is 7.89. The first-order chi connectivity index (χ1) is 17.6. The van der Waals surface area contributed by atoms with E-state index >= 15 is 0 Å². The molecule has 0 radical (unpaired) electrons. The summed E-state index contributed by atoms with van der Waals surface area (Å²) in [7, 11) is -4.71. The van der Waals surface area contributed by atoms with Gasteiger partial charge in [-0.2, -0.15) is 26.3 Å². The molecule has 0 saturated carbocycles. The third kappa shape index (κ3) is 6.01.